The van der Waals surface area contributed by atoms with E-state index in [0.29, 0.717) is 27.8 Å². The molecule has 0 aliphatic carbocycles. The smallest absolute Gasteiger partial charge is 0.339 e. The number of carbonyl (C=O) groups is 2. The summed E-state index contributed by atoms with van der Waals surface area (Å²) < 4.78 is 10.9. The van der Waals surface area contributed by atoms with Crippen LogP contribution in [0.1, 0.15) is 23.0 Å². The van der Waals surface area contributed by atoms with E-state index in [1.54, 1.807) is 30.7 Å². The molecule has 0 saturated heterocycles. The van der Waals surface area contributed by atoms with Crippen LogP contribution in [0, 0.1) is 0 Å². The molecule has 0 aliphatic heterocycles. The first-order valence-corrected chi connectivity index (χ1v) is 10.5. The number of amides is 1. The number of rotatable bonds is 6. The Kier molecular flexibility index (Phi) is 5.95. The van der Waals surface area contributed by atoms with Gasteiger partial charge in [0.1, 0.15) is 12.4 Å². The molecule has 4 rings (SSSR count). The Balaban J connectivity index is 1.53. The fourth-order valence-electron chi connectivity index (χ4n) is 3.31. The predicted molar refractivity (Wildman–Crippen MR) is 121 cm³/mol. The number of hydrogen-bond donors (Lipinski definition) is 0. The number of anilines is 2. The van der Waals surface area contributed by atoms with Gasteiger partial charge in [0.25, 0.3) is 0 Å². The molecule has 0 unspecified atom stereocenters. The Morgan fingerprint density at radius 1 is 1.00 bits per heavy atom. The summed E-state index contributed by atoms with van der Waals surface area (Å²) in [4.78, 5) is 31.0. The average molecular weight is 433 g/mol. The number of carbonyl (C=O) groups excluding carboxylic acids is 2. The standard InChI is InChI=1S/C24H20N2O4S/c1-16(27)26(21-12-5-6-13-22(21)29-2)24-25-18(15-31-24)14-30-23(28)20-11-7-9-17-8-3-4-10-19(17)20/h3-13,15H,14H2,1-2H3. The number of benzene rings is 3. The summed E-state index contributed by atoms with van der Waals surface area (Å²) in [6, 6.07) is 20.4. The summed E-state index contributed by atoms with van der Waals surface area (Å²) in [5.74, 6) is -0.0468. The average Bonchev–Trinajstić information content (AvgIpc) is 3.25. The predicted octanol–water partition coefficient (Wildman–Crippen LogP) is 5.35. The summed E-state index contributed by atoms with van der Waals surface area (Å²) in [6.07, 6.45) is 0. The molecule has 3 aromatic carbocycles. The number of methoxy groups -OCH3 is 1. The highest BCUT2D eigenvalue weighted by Crippen LogP contribution is 2.35. The van der Waals surface area contributed by atoms with Crippen LogP contribution >= 0.6 is 11.3 Å². The SMILES string of the molecule is COc1ccccc1N(C(C)=O)c1nc(COC(=O)c2cccc3ccccc23)cs1. The molecule has 6 nitrogen and oxygen atoms in total. The molecule has 0 bridgehead atoms. The summed E-state index contributed by atoms with van der Waals surface area (Å²) in [6.45, 7) is 1.48. The van der Waals surface area contributed by atoms with Gasteiger partial charge in [-0.15, -0.1) is 11.3 Å². The minimum absolute atomic E-state index is 0.0101. The molecular weight excluding hydrogens is 412 g/mol. The van der Waals surface area contributed by atoms with E-state index in [9.17, 15) is 9.59 Å². The number of nitrogens with zero attached hydrogens (tertiary/aromatic N) is 2. The van der Waals surface area contributed by atoms with E-state index in [0.717, 1.165) is 10.8 Å². The van der Waals surface area contributed by atoms with Crippen LogP contribution in [0.15, 0.2) is 72.1 Å². The highest BCUT2D eigenvalue weighted by atomic mass is 32.1. The lowest BCUT2D eigenvalue weighted by atomic mass is 10.1. The second-order valence-electron chi connectivity index (χ2n) is 6.75. The van der Waals surface area contributed by atoms with Gasteiger partial charge in [-0.05, 0) is 29.0 Å². The van der Waals surface area contributed by atoms with Crippen molar-refractivity contribution in [1.82, 2.24) is 4.98 Å². The van der Waals surface area contributed by atoms with Gasteiger partial charge in [-0.1, -0.05) is 48.5 Å². The van der Waals surface area contributed by atoms with Gasteiger partial charge in [-0.3, -0.25) is 9.69 Å². The molecule has 1 heterocycles. The van der Waals surface area contributed by atoms with E-state index in [2.05, 4.69) is 4.98 Å². The molecular formula is C24H20N2O4S. The van der Waals surface area contributed by atoms with Gasteiger partial charge in [0, 0.05) is 12.3 Å². The van der Waals surface area contributed by atoms with Gasteiger partial charge in [0.05, 0.1) is 24.1 Å². The lowest BCUT2D eigenvalue weighted by molar-refractivity contribution is -0.115. The van der Waals surface area contributed by atoms with Crippen molar-refractivity contribution in [3.63, 3.8) is 0 Å². The molecule has 0 saturated carbocycles. The van der Waals surface area contributed by atoms with Crippen LogP contribution in [-0.4, -0.2) is 24.0 Å². The fourth-order valence-corrected chi connectivity index (χ4v) is 4.17. The van der Waals surface area contributed by atoms with Gasteiger partial charge in [-0.25, -0.2) is 9.78 Å². The maximum absolute atomic E-state index is 12.7. The third-order valence-electron chi connectivity index (χ3n) is 4.73. The van der Waals surface area contributed by atoms with Gasteiger partial charge < -0.3 is 9.47 Å². The molecule has 1 amide bonds. The first kappa shape index (κ1) is 20.6. The molecule has 0 aliphatic rings. The fraction of sp³-hybridized carbons (Fsp3) is 0.125. The molecule has 4 aromatic rings. The second kappa shape index (κ2) is 8.97. The summed E-state index contributed by atoms with van der Waals surface area (Å²) in [5.41, 5.74) is 1.67. The maximum atomic E-state index is 12.7. The minimum Gasteiger partial charge on any atom is -0.495 e. The van der Waals surface area contributed by atoms with Crippen LogP contribution in [0.4, 0.5) is 10.8 Å². The van der Waals surface area contributed by atoms with Crippen LogP contribution in [0.2, 0.25) is 0 Å². The Labute approximate surface area is 183 Å². The third-order valence-corrected chi connectivity index (χ3v) is 5.61. The normalized spacial score (nSPS) is 10.6. The number of fused-ring (bicyclic) bond motifs is 1. The van der Waals surface area contributed by atoms with E-state index >= 15 is 0 Å². The van der Waals surface area contributed by atoms with Gasteiger partial charge in [-0.2, -0.15) is 0 Å². The Bertz CT molecular complexity index is 1250. The largest absolute Gasteiger partial charge is 0.495 e. The summed E-state index contributed by atoms with van der Waals surface area (Å²) >= 11 is 1.30. The van der Waals surface area contributed by atoms with E-state index < -0.39 is 5.97 Å². The zero-order chi connectivity index (χ0) is 21.8. The number of hydrogen-bond acceptors (Lipinski definition) is 6. The van der Waals surface area contributed by atoms with Crippen molar-refractivity contribution >= 4 is 44.8 Å². The van der Waals surface area contributed by atoms with Crippen molar-refractivity contribution in [3.8, 4) is 5.75 Å². The van der Waals surface area contributed by atoms with Crippen LogP contribution in [0.25, 0.3) is 10.8 Å². The number of ether oxygens (including phenoxy) is 2. The van der Waals surface area contributed by atoms with Crippen molar-refractivity contribution in [2.75, 3.05) is 12.0 Å². The van der Waals surface area contributed by atoms with Gasteiger partial charge >= 0.3 is 5.97 Å². The highest BCUT2D eigenvalue weighted by molar-refractivity contribution is 7.14. The molecule has 0 fully saturated rings. The minimum atomic E-state index is -0.417. The van der Waals surface area contributed by atoms with Gasteiger partial charge in [0.2, 0.25) is 5.91 Å². The molecule has 0 N–H and O–H groups in total. The number of para-hydroxylation sites is 2. The van der Waals surface area contributed by atoms with E-state index in [1.165, 1.54) is 23.2 Å². The van der Waals surface area contributed by atoms with Crippen LogP contribution < -0.4 is 9.64 Å². The summed E-state index contributed by atoms with van der Waals surface area (Å²) in [5, 5.41) is 4.07. The number of thiazole rings is 1. The van der Waals surface area contributed by atoms with Crippen molar-refractivity contribution in [3.05, 3.63) is 83.4 Å². The topological polar surface area (TPSA) is 68.7 Å². The molecule has 7 heteroatoms. The number of aromatic nitrogens is 1. The monoisotopic (exact) mass is 432 g/mol. The molecule has 0 spiro atoms. The second-order valence-corrected chi connectivity index (χ2v) is 7.59. The van der Waals surface area contributed by atoms with Crippen LogP contribution in [0.5, 0.6) is 5.75 Å². The van der Waals surface area contributed by atoms with Crippen LogP contribution in [0.3, 0.4) is 0 Å². The van der Waals surface area contributed by atoms with Crippen molar-refractivity contribution in [2.24, 2.45) is 0 Å². The van der Waals surface area contributed by atoms with Crippen LogP contribution in [-0.2, 0) is 16.1 Å². The molecule has 156 valence electrons. The lowest BCUT2D eigenvalue weighted by Crippen LogP contribution is -2.23. The van der Waals surface area contributed by atoms with Crippen molar-refractivity contribution in [1.29, 1.82) is 0 Å². The maximum Gasteiger partial charge on any atom is 0.339 e. The molecule has 1 aromatic heterocycles. The number of esters is 1. The Hall–Kier alpha value is -3.71. The van der Waals surface area contributed by atoms with E-state index in [-0.39, 0.29) is 12.5 Å². The Morgan fingerprint density at radius 3 is 2.55 bits per heavy atom. The molecule has 0 radical (unpaired) electrons. The quantitative estimate of drug-likeness (QED) is 0.384. The zero-order valence-corrected chi connectivity index (χ0v) is 17.9. The first-order valence-electron chi connectivity index (χ1n) is 9.61. The van der Waals surface area contributed by atoms with E-state index in [4.69, 9.17) is 9.47 Å². The Morgan fingerprint density at radius 2 is 1.74 bits per heavy atom. The first-order chi connectivity index (χ1) is 15.1. The molecule has 31 heavy (non-hydrogen) atoms. The van der Waals surface area contributed by atoms with Crippen molar-refractivity contribution in [2.45, 2.75) is 13.5 Å². The summed E-state index contributed by atoms with van der Waals surface area (Å²) in [7, 11) is 1.55. The molecule has 0 atom stereocenters. The van der Waals surface area contributed by atoms with E-state index in [1.807, 2.05) is 48.5 Å². The van der Waals surface area contributed by atoms with Crippen molar-refractivity contribution < 1.29 is 19.1 Å². The third kappa shape index (κ3) is 4.27. The lowest BCUT2D eigenvalue weighted by Gasteiger charge is -2.20. The highest BCUT2D eigenvalue weighted by Gasteiger charge is 2.21. The zero-order valence-electron chi connectivity index (χ0n) is 17.1. The van der Waals surface area contributed by atoms with Gasteiger partial charge in [0.15, 0.2) is 5.13 Å².